The van der Waals surface area contributed by atoms with Crippen molar-refractivity contribution in [2.45, 2.75) is 19.6 Å². The molecule has 0 aliphatic carbocycles. The van der Waals surface area contributed by atoms with Crippen molar-refractivity contribution in [1.82, 2.24) is 10.3 Å². The van der Waals surface area contributed by atoms with Crippen molar-refractivity contribution >= 4 is 12.1 Å². The SMILES string of the molecule is CCNC(=O)OCC(=O)OC(O)Cc1ccccn1. The highest BCUT2D eigenvalue weighted by atomic mass is 16.7. The number of amides is 1. The van der Waals surface area contributed by atoms with Crippen LogP contribution in [0.5, 0.6) is 0 Å². The number of pyridine rings is 1. The predicted octanol–water partition coefficient (Wildman–Crippen LogP) is 0.232. The molecule has 0 saturated carbocycles. The Balaban J connectivity index is 2.26. The Labute approximate surface area is 110 Å². The second-order valence-electron chi connectivity index (χ2n) is 3.58. The highest BCUT2D eigenvalue weighted by molar-refractivity contribution is 5.75. The van der Waals surface area contributed by atoms with Crippen molar-refractivity contribution in [1.29, 1.82) is 0 Å². The third-order valence-electron chi connectivity index (χ3n) is 2.02. The lowest BCUT2D eigenvalue weighted by Gasteiger charge is -2.11. The van der Waals surface area contributed by atoms with Crippen molar-refractivity contribution in [3.8, 4) is 0 Å². The zero-order valence-electron chi connectivity index (χ0n) is 10.5. The lowest BCUT2D eigenvalue weighted by atomic mass is 10.3. The van der Waals surface area contributed by atoms with Gasteiger partial charge in [0.2, 0.25) is 6.29 Å². The summed E-state index contributed by atoms with van der Waals surface area (Å²) < 4.78 is 9.20. The lowest BCUT2D eigenvalue weighted by Crippen LogP contribution is -2.29. The van der Waals surface area contributed by atoms with Crippen LogP contribution in [0.4, 0.5) is 4.79 Å². The molecule has 1 atom stereocenters. The van der Waals surface area contributed by atoms with Gasteiger partial charge in [0.1, 0.15) is 0 Å². The van der Waals surface area contributed by atoms with Crippen LogP contribution < -0.4 is 5.32 Å². The van der Waals surface area contributed by atoms with E-state index in [1.54, 1.807) is 31.3 Å². The molecule has 19 heavy (non-hydrogen) atoms. The number of rotatable bonds is 6. The first-order valence-electron chi connectivity index (χ1n) is 5.80. The Morgan fingerprint density at radius 1 is 1.47 bits per heavy atom. The summed E-state index contributed by atoms with van der Waals surface area (Å²) in [6.45, 7) is 1.57. The van der Waals surface area contributed by atoms with Gasteiger partial charge in [0.25, 0.3) is 0 Å². The molecule has 0 saturated heterocycles. The molecule has 1 rings (SSSR count). The number of alkyl carbamates (subject to hydrolysis) is 1. The number of ether oxygens (including phenoxy) is 2. The first-order chi connectivity index (χ1) is 9.11. The lowest BCUT2D eigenvalue weighted by molar-refractivity contribution is -0.170. The third kappa shape index (κ3) is 6.37. The fourth-order valence-corrected chi connectivity index (χ4v) is 1.25. The number of esters is 1. The maximum absolute atomic E-state index is 11.2. The number of aliphatic hydroxyl groups excluding tert-OH is 1. The maximum atomic E-state index is 11.2. The van der Waals surface area contributed by atoms with Crippen molar-refractivity contribution in [2.24, 2.45) is 0 Å². The minimum atomic E-state index is -1.32. The van der Waals surface area contributed by atoms with E-state index in [1.807, 2.05) is 0 Å². The molecule has 0 radical (unpaired) electrons. The summed E-state index contributed by atoms with van der Waals surface area (Å²) in [7, 11) is 0. The molecule has 1 unspecified atom stereocenters. The Kier molecular flexibility index (Phi) is 6.31. The summed E-state index contributed by atoms with van der Waals surface area (Å²) in [6, 6.07) is 5.19. The van der Waals surface area contributed by atoms with Gasteiger partial charge < -0.3 is 19.9 Å². The van der Waals surface area contributed by atoms with Crippen LogP contribution in [-0.2, 0) is 20.7 Å². The summed E-state index contributed by atoms with van der Waals surface area (Å²) in [5.41, 5.74) is 0.590. The fraction of sp³-hybridized carbons (Fsp3) is 0.417. The zero-order chi connectivity index (χ0) is 14.1. The van der Waals surface area contributed by atoms with E-state index in [4.69, 9.17) is 0 Å². The summed E-state index contributed by atoms with van der Waals surface area (Å²) >= 11 is 0. The molecule has 7 nitrogen and oxygen atoms in total. The molecule has 0 aromatic carbocycles. The van der Waals surface area contributed by atoms with E-state index in [1.165, 1.54) is 0 Å². The first-order valence-corrected chi connectivity index (χ1v) is 5.80. The van der Waals surface area contributed by atoms with E-state index >= 15 is 0 Å². The second-order valence-corrected chi connectivity index (χ2v) is 3.58. The van der Waals surface area contributed by atoms with Crippen LogP contribution in [0.2, 0.25) is 0 Å². The van der Waals surface area contributed by atoms with E-state index in [-0.39, 0.29) is 6.42 Å². The minimum Gasteiger partial charge on any atom is -0.438 e. The van der Waals surface area contributed by atoms with Crippen molar-refractivity contribution in [3.63, 3.8) is 0 Å². The number of aliphatic hydroxyl groups is 1. The molecule has 0 fully saturated rings. The monoisotopic (exact) mass is 268 g/mol. The van der Waals surface area contributed by atoms with Gasteiger partial charge in [-0.3, -0.25) is 4.98 Å². The van der Waals surface area contributed by atoms with Gasteiger partial charge >= 0.3 is 12.1 Å². The van der Waals surface area contributed by atoms with Gasteiger partial charge in [0, 0.05) is 18.4 Å². The molecule has 104 valence electrons. The minimum absolute atomic E-state index is 0.0771. The van der Waals surface area contributed by atoms with Crippen LogP contribution in [0.25, 0.3) is 0 Å². The summed E-state index contributed by atoms with van der Waals surface area (Å²) in [4.78, 5) is 26.1. The van der Waals surface area contributed by atoms with Gasteiger partial charge in [-0.15, -0.1) is 0 Å². The van der Waals surface area contributed by atoms with Gasteiger partial charge in [-0.05, 0) is 19.1 Å². The van der Waals surface area contributed by atoms with E-state index in [0.717, 1.165) is 0 Å². The molecule has 0 aliphatic rings. The molecule has 0 bridgehead atoms. The van der Waals surface area contributed by atoms with E-state index in [0.29, 0.717) is 12.2 Å². The van der Waals surface area contributed by atoms with Crippen LogP contribution in [0.3, 0.4) is 0 Å². The predicted molar refractivity (Wildman–Crippen MR) is 65.1 cm³/mol. The molecular formula is C12H16N2O5. The summed E-state index contributed by atoms with van der Waals surface area (Å²) in [5, 5.41) is 11.9. The molecule has 0 aliphatic heterocycles. The van der Waals surface area contributed by atoms with Crippen LogP contribution >= 0.6 is 0 Å². The molecule has 1 amide bonds. The smallest absolute Gasteiger partial charge is 0.407 e. The van der Waals surface area contributed by atoms with Crippen LogP contribution in [0, 0.1) is 0 Å². The van der Waals surface area contributed by atoms with E-state index in [2.05, 4.69) is 19.8 Å². The molecule has 1 heterocycles. The number of hydrogen-bond donors (Lipinski definition) is 2. The maximum Gasteiger partial charge on any atom is 0.407 e. The Morgan fingerprint density at radius 2 is 2.26 bits per heavy atom. The Hall–Kier alpha value is -2.15. The Morgan fingerprint density at radius 3 is 2.89 bits per heavy atom. The summed E-state index contributed by atoms with van der Waals surface area (Å²) in [5.74, 6) is -0.824. The van der Waals surface area contributed by atoms with E-state index in [9.17, 15) is 14.7 Å². The quantitative estimate of drug-likeness (QED) is 0.566. The first kappa shape index (κ1) is 14.9. The molecule has 7 heteroatoms. The molecule has 1 aromatic rings. The average molecular weight is 268 g/mol. The molecular weight excluding hydrogens is 252 g/mol. The second kappa shape index (κ2) is 8.04. The van der Waals surface area contributed by atoms with Gasteiger partial charge in [0.05, 0.1) is 6.42 Å². The average Bonchev–Trinajstić information content (AvgIpc) is 2.38. The number of carbonyl (C=O) groups excluding carboxylic acids is 2. The molecule has 1 aromatic heterocycles. The highest BCUT2D eigenvalue weighted by Gasteiger charge is 2.14. The number of nitrogens with zero attached hydrogens (tertiary/aromatic N) is 1. The van der Waals surface area contributed by atoms with Gasteiger partial charge in [-0.2, -0.15) is 0 Å². The van der Waals surface area contributed by atoms with E-state index < -0.39 is 25.0 Å². The molecule has 0 spiro atoms. The van der Waals surface area contributed by atoms with Crippen LogP contribution in [0.1, 0.15) is 12.6 Å². The van der Waals surface area contributed by atoms with Crippen molar-refractivity contribution < 1.29 is 24.2 Å². The number of aromatic nitrogens is 1. The number of carbonyl (C=O) groups is 2. The summed E-state index contributed by atoms with van der Waals surface area (Å²) in [6.07, 6.45) is -0.380. The normalized spacial score (nSPS) is 11.5. The highest BCUT2D eigenvalue weighted by Crippen LogP contribution is 2.01. The van der Waals surface area contributed by atoms with Crippen LogP contribution in [-0.4, -0.2) is 41.6 Å². The van der Waals surface area contributed by atoms with Gasteiger partial charge in [0.15, 0.2) is 6.61 Å². The van der Waals surface area contributed by atoms with Crippen molar-refractivity contribution in [2.75, 3.05) is 13.2 Å². The third-order valence-corrected chi connectivity index (χ3v) is 2.02. The fourth-order valence-electron chi connectivity index (χ4n) is 1.25. The largest absolute Gasteiger partial charge is 0.438 e. The topological polar surface area (TPSA) is 97.8 Å². The standard InChI is InChI=1S/C12H16N2O5/c1-2-13-12(17)18-8-11(16)19-10(15)7-9-5-3-4-6-14-9/h3-6,10,15H,2,7-8H2,1H3,(H,13,17). The van der Waals surface area contributed by atoms with Crippen molar-refractivity contribution in [3.05, 3.63) is 30.1 Å². The number of hydrogen-bond acceptors (Lipinski definition) is 6. The Bertz CT molecular complexity index is 410. The number of nitrogens with one attached hydrogen (secondary N) is 1. The molecule has 2 N–H and O–H groups in total. The van der Waals surface area contributed by atoms with Crippen LogP contribution in [0.15, 0.2) is 24.4 Å². The van der Waals surface area contributed by atoms with Gasteiger partial charge in [-0.25, -0.2) is 9.59 Å². The van der Waals surface area contributed by atoms with Gasteiger partial charge in [-0.1, -0.05) is 6.07 Å². The zero-order valence-corrected chi connectivity index (χ0v) is 10.5.